The lowest BCUT2D eigenvalue weighted by Crippen LogP contribution is -2.46. The van der Waals surface area contributed by atoms with Gasteiger partial charge in [0.2, 0.25) is 0 Å². The molecular weight excluding hydrogens is 184 g/mol. The van der Waals surface area contributed by atoms with Crippen LogP contribution in [0.4, 0.5) is 0 Å². The zero-order valence-electron chi connectivity index (χ0n) is 10.3. The van der Waals surface area contributed by atoms with Crippen molar-refractivity contribution in [1.29, 1.82) is 0 Å². The first-order valence-corrected chi connectivity index (χ1v) is 6.67. The zero-order chi connectivity index (χ0) is 10.7. The Morgan fingerprint density at radius 2 is 2.27 bits per heavy atom. The minimum absolute atomic E-state index is 0.552. The van der Waals surface area contributed by atoms with Crippen molar-refractivity contribution in [1.82, 2.24) is 10.6 Å². The molecule has 1 aliphatic carbocycles. The van der Waals surface area contributed by atoms with Gasteiger partial charge in [0.05, 0.1) is 0 Å². The lowest BCUT2D eigenvalue weighted by molar-refractivity contribution is 0.192. The zero-order valence-corrected chi connectivity index (χ0v) is 10.3. The van der Waals surface area contributed by atoms with E-state index < -0.39 is 0 Å². The number of piperidine rings is 1. The van der Waals surface area contributed by atoms with Crippen LogP contribution in [0.1, 0.15) is 39.5 Å². The largest absolute Gasteiger partial charge is 0.316 e. The van der Waals surface area contributed by atoms with Gasteiger partial charge >= 0.3 is 0 Å². The van der Waals surface area contributed by atoms with Crippen LogP contribution >= 0.6 is 0 Å². The van der Waals surface area contributed by atoms with E-state index in [1.807, 2.05) is 0 Å². The molecule has 3 unspecified atom stereocenters. The highest BCUT2D eigenvalue weighted by atomic mass is 14.9. The maximum absolute atomic E-state index is 3.70. The molecule has 0 aromatic rings. The summed E-state index contributed by atoms with van der Waals surface area (Å²) in [5.41, 5.74) is 0.552. The number of nitrogens with one attached hydrogen (secondary N) is 2. The van der Waals surface area contributed by atoms with Gasteiger partial charge in [-0.2, -0.15) is 0 Å². The quantitative estimate of drug-likeness (QED) is 0.725. The molecule has 0 radical (unpaired) electrons. The Labute approximate surface area is 94.2 Å². The van der Waals surface area contributed by atoms with E-state index in [9.17, 15) is 0 Å². The second-order valence-corrected chi connectivity index (χ2v) is 5.74. The second kappa shape index (κ2) is 4.84. The third-order valence-corrected chi connectivity index (χ3v) is 4.49. The maximum atomic E-state index is 3.70. The summed E-state index contributed by atoms with van der Waals surface area (Å²) in [6, 6.07) is 0. The van der Waals surface area contributed by atoms with Crippen LogP contribution < -0.4 is 10.6 Å². The van der Waals surface area contributed by atoms with E-state index in [0.29, 0.717) is 5.41 Å². The van der Waals surface area contributed by atoms with Crippen molar-refractivity contribution < 1.29 is 0 Å². The molecule has 0 aromatic carbocycles. The Morgan fingerprint density at radius 3 is 2.80 bits per heavy atom. The fraction of sp³-hybridized carbons (Fsp3) is 1.00. The summed E-state index contributed by atoms with van der Waals surface area (Å²) in [6.45, 7) is 9.62. The smallest absolute Gasteiger partial charge is 0.00200 e. The normalized spacial score (nSPS) is 40.4. The molecule has 0 amide bonds. The minimum Gasteiger partial charge on any atom is -0.316 e. The van der Waals surface area contributed by atoms with Gasteiger partial charge in [-0.05, 0) is 56.0 Å². The maximum Gasteiger partial charge on any atom is 0.00200 e. The van der Waals surface area contributed by atoms with Crippen molar-refractivity contribution in [2.45, 2.75) is 39.5 Å². The predicted octanol–water partition coefficient (Wildman–Crippen LogP) is 2.01. The molecule has 2 N–H and O–H groups in total. The van der Waals surface area contributed by atoms with Crippen molar-refractivity contribution in [2.24, 2.45) is 17.3 Å². The molecule has 1 saturated heterocycles. The molecule has 2 fully saturated rings. The van der Waals surface area contributed by atoms with Gasteiger partial charge < -0.3 is 10.6 Å². The van der Waals surface area contributed by atoms with Crippen molar-refractivity contribution in [3.63, 3.8) is 0 Å². The third kappa shape index (κ3) is 2.94. The molecule has 0 aromatic heterocycles. The van der Waals surface area contributed by atoms with E-state index in [1.54, 1.807) is 0 Å². The van der Waals surface area contributed by atoms with E-state index in [0.717, 1.165) is 11.8 Å². The van der Waals surface area contributed by atoms with Gasteiger partial charge in [-0.25, -0.2) is 0 Å². The highest BCUT2D eigenvalue weighted by molar-refractivity contribution is 4.89. The van der Waals surface area contributed by atoms with Crippen LogP contribution in [-0.2, 0) is 0 Å². The van der Waals surface area contributed by atoms with Crippen LogP contribution in [0.25, 0.3) is 0 Å². The summed E-state index contributed by atoms with van der Waals surface area (Å²) >= 11 is 0. The Bertz CT molecular complexity index is 197. The van der Waals surface area contributed by atoms with Crippen LogP contribution in [0, 0.1) is 17.3 Å². The Balaban J connectivity index is 1.69. The van der Waals surface area contributed by atoms with E-state index in [4.69, 9.17) is 0 Å². The molecule has 15 heavy (non-hydrogen) atoms. The third-order valence-electron chi connectivity index (χ3n) is 4.49. The Hall–Kier alpha value is -0.0800. The molecule has 2 heteroatoms. The summed E-state index contributed by atoms with van der Waals surface area (Å²) in [4.78, 5) is 0. The predicted molar refractivity (Wildman–Crippen MR) is 65.0 cm³/mol. The van der Waals surface area contributed by atoms with Crippen molar-refractivity contribution in [3.05, 3.63) is 0 Å². The fourth-order valence-corrected chi connectivity index (χ4v) is 2.81. The molecule has 2 aliphatic rings. The van der Waals surface area contributed by atoms with Gasteiger partial charge in [0.15, 0.2) is 0 Å². The molecule has 0 spiro atoms. The molecule has 1 aliphatic heterocycles. The second-order valence-electron chi connectivity index (χ2n) is 5.74. The first-order chi connectivity index (χ1) is 7.26. The number of rotatable bonds is 5. The molecule has 3 atom stereocenters. The van der Waals surface area contributed by atoms with Crippen LogP contribution in [0.15, 0.2) is 0 Å². The van der Waals surface area contributed by atoms with Gasteiger partial charge in [0, 0.05) is 13.1 Å². The lowest BCUT2D eigenvalue weighted by atomic mass is 9.78. The van der Waals surface area contributed by atoms with E-state index in [2.05, 4.69) is 24.5 Å². The average Bonchev–Trinajstić information content (AvgIpc) is 2.96. The fourth-order valence-electron chi connectivity index (χ4n) is 2.81. The molecule has 2 nitrogen and oxygen atoms in total. The SMILES string of the molecule is CCC1(CNCC2CC2C)CCCNC1. The van der Waals surface area contributed by atoms with Gasteiger partial charge in [0.25, 0.3) is 0 Å². The van der Waals surface area contributed by atoms with E-state index in [-0.39, 0.29) is 0 Å². The molecule has 0 bridgehead atoms. The summed E-state index contributed by atoms with van der Waals surface area (Å²) in [7, 11) is 0. The monoisotopic (exact) mass is 210 g/mol. The summed E-state index contributed by atoms with van der Waals surface area (Å²) in [6.07, 6.45) is 5.52. The first kappa shape index (κ1) is 11.4. The van der Waals surface area contributed by atoms with Gasteiger partial charge in [-0.15, -0.1) is 0 Å². The Morgan fingerprint density at radius 1 is 1.47 bits per heavy atom. The van der Waals surface area contributed by atoms with Crippen LogP contribution in [-0.4, -0.2) is 26.2 Å². The molecule has 1 saturated carbocycles. The van der Waals surface area contributed by atoms with Gasteiger partial charge in [0.1, 0.15) is 0 Å². The standard InChI is InChI=1S/C13H26N2/c1-3-13(5-4-6-14-9-13)10-15-8-12-7-11(12)2/h11-12,14-15H,3-10H2,1-2H3. The topological polar surface area (TPSA) is 24.1 Å². The average molecular weight is 210 g/mol. The van der Waals surface area contributed by atoms with Crippen molar-refractivity contribution in [3.8, 4) is 0 Å². The highest BCUT2D eigenvalue weighted by Gasteiger charge is 2.34. The van der Waals surface area contributed by atoms with Crippen LogP contribution in [0.5, 0.6) is 0 Å². The molecule has 2 rings (SSSR count). The van der Waals surface area contributed by atoms with Crippen LogP contribution in [0.3, 0.4) is 0 Å². The van der Waals surface area contributed by atoms with Crippen molar-refractivity contribution >= 4 is 0 Å². The highest BCUT2D eigenvalue weighted by Crippen LogP contribution is 2.37. The number of hydrogen-bond donors (Lipinski definition) is 2. The Kier molecular flexibility index (Phi) is 3.68. The van der Waals surface area contributed by atoms with Gasteiger partial charge in [-0.3, -0.25) is 0 Å². The summed E-state index contributed by atoms with van der Waals surface area (Å²) in [5, 5.41) is 7.25. The summed E-state index contributed by atoms with van der Waals surface area (Å²) < 4.78 is 0. The van der Waals surface area contributed by atoms with E-state index in [1.165, 1.54) is 51.9 Å². The molecular formula is C13H26N2. The lowest BCUT2D eigenvalue weighted by Gasteiger charge is -2.37. The van der Waals surface area contributed by atoms with Crippen molar-refractivity contribution in [2.75, 3.05) is 26.2 Å². The van der Waals surface area contributed by atoms with Crippen LogP contribution in [0.2, 0.25) is 0 Å². The minimum atomic E-state index is 0.552. The number of hydrogen-bond acceptors (Lipinski definition) is 2. The van der Waals surface area contributed by atoms with Gasteiger partial charge in [-0.1, -0.05) is 13.8 Å². The summed E-state index contributed by atoms with van der Waals surface area (Å²) in [5.74, 6) is 1.97. The molecule has 1 heterocycles. The molecule has 88 valence electrons. The van der Waals surface area contributed by atoms with E-state index >= 15 is 0 Å². The first-order valence-electron chi connectivity index (χ1n) is 6.67.